The molecular formula is C20H22N2O4. The molecular weight excluding hydrogens is 332 g/mol. The van der Waals surface area contributed by atoms with Crippen LogP contribution in [0.3, 0.4) is 0 Å². The second-order valence-electron chi connectivity index (χ2n) is 6.11. The summed E-state index contributed by atoms with van der Waals surface area (Å²) in [5.74, 6) is -0.0589. The van der Waals surface area contributed by atoms with E-state index in [1.54, 1.807) is 11.0 Å². The average molecular weight is 354 g/mol. The van der Waals surface area contributed by atoms with E-state index in [0.717, 1.165) is 29.7 Å². The van der Waals surface area contributed by atoms with Crippen LogP contribution in [0.1, 0.15) is 17.5 Å². The molecule has 0 unspecified atom stereocenters. The molecule has 0 spiro atoms. The minimum absolute atomic E-state index is 0.0589. The number of aryl methyl sites for hydroxylation is 1. The van der Waals surface area contributed by atoms with Gasteiger partial charge in [-0.1, -0.05) is 30.3 Å². The summed E-state index contributed by atoms with van der Waals surface area (Å²) in [5, 5.41) is 2.74. The van der Waals surface area contributed by atoms with Gasteiger partial charge in [-0.3, -0.25) is 10.1 Å². The summed E-state index contributed by atoms with van der Waals surface area (Å²) >= 11 is 0. The highest BCUT2D eigenvalue weighted by molar-refractivity contribution is 5.96. The van der Waals surface area contributed by atoms with Crippen LogP contribution < -0.4 is 10.2 Å². The van der Waals surface area contributed by atoms with Crippen molar-refractivity contribution < 1.29 is 19.1 Å². The van der Waals surface area contributed by atoms with E-state index in [0.29, 0.717) is 12.2 Å². The molecule has 2 amide bonds. The number of hydrogen-bond acceptors (Lipinski definition) is 4. The van der Waals surface area contributed by atoms with Crippen molar-refractivity contribution in [3.63, 3.8) is 0 Å². The maximum Gasteiger partial charge on any atom is 0.411 e. The second-order valence-corrected chi connectivity index (χ2v) is 6.11. The Hall–Kier alpha value is -2.86. The Labute approximate surface area is 152 Å². The van der Waals surface area contributed by atoms with Crippen molar-refractivity contribution in [2.45, 2.75) is 19.4 Å². The molecule has 3 rings (SSSR count). The fourth-order valence-electron chi connectivity index (χ4n) is 3.01. The van der Waals surface area contributed by atoms with Gasteiger partial charge < -0.3 is 14.4 Å². The van der Waals surface area contributed by atoms with Gasteiger partial charge in [0, 0.05) is 25.0 Å². The molecule has 1 heterocycles. The van der Waals surface area contributed by atoms with Gasteiger partial charge in [-0.25, -0.2) is 4.79 Å². The Morgan fingerprint density at radius 2 is 1.96 bits per heavy atom. The van der Waals surface area contributed by atoms with Gasteiger partial charge in [0.15, 0.2) is 0 Å². The van der Waals surface area contributed by atoms with E-state index in [2.05, 4.69) is 5.32 Å². The van der Waals surface area contributed by atoms with E-state index in [-0.39, 0.29) is 19.1 Å². The Bertz CT molecular complexity index is 777. The highest BCUT2D eigenvalue weighted by Crippen LogP contribution is 2.30. The van der Waals surface area contributed by atoms with Crippen molar-refractivity contribution in [3.05, 3.63) is 59.7 Å². The lowest BCUT2D eigenvalue weighted by atomic mass is 10.0. The van der Waals surface area contributed by atoms with E-state index in [1.165, 1.54) is 7.11 Å². The summed E-state index contributed by atoms with van der Waals surface area (Å²) in [7, 11) is 1.51. The Kier molecular flexibility index (Phi) is 5.86. The molecule has 2 aromatic rings. The number of anilines is 2. The summed E-state index contributed by atoms with van der Waals surface area (Å²) < 4.78 is 10.2. The predicted octanol–water partition coefficient (Wildman–Crippen LogP) is 3.36. The monoisotopic (exact) mass is 354 g/mol. The molecule has 0 saturated heterocycles. The topological polar surface area (TPSA) is 67.9 Å². The predicted molar refractivity (Wildman–Crippen MR) is 99.2 cm³/mol. The first-order valence-electron chi connectivity index (χ1n) is 8.57. The minimum Gasteiger partial charge on any atom is -0.444 e. The lowest BCUT2D eigenvalue weighted by Crippen LogP contribution is -2.37. The van der Waals surface area contributed by atoms with Crippen LogP contribution >= 0.6 is 0 Å². The first-order chi connectivity index (χ1) is 12.7. The first-order valence-corrected chi connectivity index (χ1v) is 8.57. The number of carbonyl (C=O) groups excluding carboxylic acids is 2. The van der Waals surface area contributed by atoms with Crippen molar-refractivity contribution in [3.8, 4) is 0 Å². The molecule has 0 aromatic heterocycles. The lowest BCUT2D eigenvalue weighted by molar-refractivity contribution is -0.122. The molecule has 1 aliphatic rings. The SMILES string of the molecule is COCC(=O)N1CCCc2cc(NC(=O)OCc3ccccc3)ccc21. The van der Waals surface area contributed by atoms with Crippen LogP contribution in [0.15, 0.2) is 48.5 Å². The number of ether oxygens (including phenoxy) is 2. The molecule has 0 saturated carbocycles. The third kappa shape index (κ3) is 4.40. The molecule has 1 aliphatic heterocycles. The largest absolute Gasteiger partial charge is 0.444 e. The van der Waals surface area contributed by atoms with Crippen LogP contribution in [0.5, 0.6) is 0 Å². The number of benzene rings is 2. The number of methoxy groups -OCH3 is 1. The second kappa shape index (κ2) is 8.49. The maximum atomic E-state index is 12.2. The Morgan fingerprint density at radius 3 is 2.73 bits per heavy atom. The van der Waals surface area contributed by atoms with Gasteiger partial charge in [0.25, 0.3) is 5.91 Å². The average Bonchev–Trinajstić information content (AvgIpc) is 2.67. The fourth-order valence-corrected chi connectivity index (χ4v) is 3.01. The van der Waals surface area contributed by atoms with Crippen LogP contribution in [0, 0.1) is 0 Å². The third-order valence-corrected chi connectivity index (χ3v) is 4.23. The van der Waals surface area contributed by atoms with Crippen molar-refractivity contribution in [1.29, 1.82) is 0 Å². The number of amides is 2. The molecule has 0 radical (unpaired) electrons. The highest BCUT2D eigenvalue weighted by atomic mass is 16.5. The molecule has 0 fully saturated rings. The van der Waals surface area contributed by atoms with Crippen molar-refractivity contribution in [1.82, 2.24) is 0 Å². The number of nitrogens with zero attached hydrogens (tertiary/aromatic N) is 1. The summed E-state index contributed by atoms with van der Waals surface area (Å²) in [6.45, 7) is 0.962. The number of carbonyl (C=O) groups is 2. The van der Waals surface area contributed by atoms with Crippen LogP contribution in [-0.4, -0.2) is 32.3 Å². The molecule has 0 bridgehead atoms. The van der Waals surface area contributed by atoms with Crippen molar-refractivity contribution in [2.75, 3.05) is 30.5 Å². The smallest absolute Gasteiger partial charge is 0.411 e. The van der Waals surface area contributed by atoms with E-state index in [9.17, 15) is 9.59 Å². The standard InChI is InChI=1S/C20H22N2O4/c1-25-14-19(23)22-11-5-8-16-12-17(9-10-18(16)22)21-20(24)26-13-15-6-3-2-4-7-15/h2-4,6-7,9-10,12H,5,8,11,13-14H2,1H3,(H,21,24). The van der Waals surface area contributed by atoms with Gasteiger partial charge in [0.05, 0.1) is 0 Å². The summed E-state index contributed by atoms with van der Waals surface area (Å²) in [6, 6.07) is 15.0. The number of fused-ring (bicyclic) bond motifs is 1. The zero-order valence-corrected chi connectivity index (χ0v) is 14.7. The molecule has 136 valence electrons. The maximum absolute atomic E-state index is 12.2. The van der Waals surface area contributed by atoms with Gasteiger partial charge in [-0.2, -0.15) is 0 Å². The van der Waals surface area contributed by atoms with Gasteiger partial charge in [-0.05, 0) is 42.2 Å². The summed E-state index contributed by atoms with van der Waals surface area (Å²) in [5.41, 5.74) is 3.49. The summed E-state index contributed by atoms with van der Waals surface area (Å²) in [4.78, 5) is 25.9. The van der Waals surface area contributed by atoms with E-state index < -0.39 is 6.09 Å². The molecule has 0 atom stereocenters. The molecule has 26 heavy (non-hydrogen) atoms. The Balaban J connectivity index is 1.63. The van der Waals surface area contributed by atoms with Crippen molar-refractivity contribution in [2.24, 2.45) is 0 Å². The number of nitrogens with one attached hydrogen (secondary N) is 1. The van der Waals surface area contributed by atoms with Gasteiger partial charge >= 0.3 is 6.09 Å². The van der Waals surface area contributed by atoms with Gasteiger partial charge in [0.1, 0.15) is 13.2 Å². The fraction of sp³-hybridized carbons (Fsp3) is 0.300. The normalized spacial score (nSPS) is 13.0. The van der Waals surface area contributed by atoms with E-state index in [4.69, 9.17) is 9.47 Å². The number of hydrogen-bond donors (Lipinski definition) is 1. The third-order valence-electron chi connectivity index (χ3n) is 4.23. The zero-order valence-electron chi connectivity index (χ0n) is 14.7. The van der Waals surface area contributed by atoms with E-state index in [1.807, 2.05) is 42.5 Å². The first kappa shape index (κ1) is 17.9. The van der Waals surface area contributed by atoms with Crippen LogP contribution in [0.4, 0.5) is 16.2 Å². The van der Waals surface area contributed by atoms with E-state index >= 15 is 0 Å². The summed E-state index contributed by atoms with van der Waals surface area (Å²) in [6.07, 6.45) is 1.24. The highest BCUT2D eigenvalue weighted by Gasteiger charge is 2.22. The zero-order chi connectivity index (χ0) is 18.4. The molecule has 6 nitrogen and oxygen atoms in total. The molecule has 1 N–H and O–H groups in total. The molecule has 0 aliphatic carbocycles. The lowest BCUT2D eigenvalue weighted by Gasteiger charge is -2.29. The van der Waals surface area contributed by atoms with Crippen LogP contribution in [0.25, 0.3) is 0 Å². The van der Waals surface area contributed by atoms with Gasteiger partial charge in [-0.15, -0.1) is 0 Å². The van der Waals surface area contributed by atoms with Crippen LogP contribution in [0.2, 0.25) is 0 Å². The molecule has 6 heteroatoms. The quantitative estimate of drug-likeness (QED) is 0.894. The van der Waals surface area contributed by atoms with Gasteiger partial charge in [0.2, 0.25) is 0 Å². The molecule has 2 aromatic carbocycles. The minimum atomic E-state index is -0.503. The van der Waals surface area contributed by atoms with Crippen molar-refractivity contribution >= 4 is 23.4 Å². The Morgan fingerprint density at radius 1 is 1.15 bits per heavy atom. The number of rotatable bonds is 5. The van der Waals surface area contributed by atoms with Crippen LogP contribution in [-0.2, 0) is 27.3 Å².